The van der Waals surface area contributed by atoms with E-state index in [0.29, 0.717) is 25.8 Å². The molecule has 0 saturated carbocycles. The molecule has 0 aromatic heterocycles. The highest BCUT2D eigenvalue weighted by Gasteiger charge is 2.45. The van der Waals surface area contributed by atoms with Gasteiger partial charge in [0.15, 0.2) is 0 Å². The van der Waals surface area contributed by atoms with Crippen LogP contribution in [0.15, 0.2) is 22.7 Å². The maximum atomic E-state index is 13.9. The maximum absolute atomic E-state index is 13.9. The molecule has 1 N–H and O–H groups in total. The van der Waals surface area contributed by atoms with Crippen molar-refractivity contribution in [3.63, 3.8) is 0 Å². The number of ether oxygens (including phenoxy) is 2. The summed E-state index contributed by atoms with van der Waals surface area (Å²) in [5.74, 6) is -1.86. The summed E-state index contributed by atoms with van der Waals surface area (Å²) in [6.07, 6.45) is 1.46. The first-order valence-corrected chi connectivity index (χ1v) is 13.9. The smallest absolute Gasteiger partial charge is 0.410 e. The van der Waals surface area contributed by atoms with E-state index in [-0.39, 0.29) is 24.3 Å². The molecule has 9 nitrogen and oxygen atoms in total. The first-order chi connectivity index (χ1) is 17.7. The largest absolute Gasteiger partial charge is 0.467 e. The number of carbonyl (C=O) groups is 4. The lowest BCUT2D eigenvalue weighted by molar-refractivity contribution is -0.148. The molecule has 0 unspecified atom stereocenters. The molecule has 10 heteroatoms. The Morgan fingerprint density at radius 2 is 1.76 bits per heavy atom. The van der Waals surface area contributed by atoms with Crippen molar-refractivity contribution < 1.29 is 28.7 Å². The van der Waals surface area contributed by atoms with Crippen molar-refractivity contribution in [3.05, 3.63) is 33.8 Å². The Kier molecular flexibility index (Phi) is 9.49. The standard InChI is InChI=1S/C28H40BrN3O6/c1-16(2)23-24(33)30-21(26(35)37-7)15-18-12-17(13-19(29)14-18)8-9-22-20(25(34)31(23)6)10-11-32(22)27(36)38-28(3,4)5/h12-14,16,20-23H,8-11,15H2,1-7H3,(H,30,33)/t20-,21-,22+,23-/m0/s1. The molecule has 2 aliphatic heterocycles. The molecule has 2 bridgehead atoms. The third-order valence-electron chi connectivity index (χ3n) is 7.14. The number of esters is 1. The fourth-order valence-electron chi connectivity index (χ4n) is 5.49. The molecule has 0 aliphatic carbocycles. The zero-order valence-corrected chi connectivity index (χ0v) is 25.0. The molecule has 2 aliphatic rings. The lowest BCUT2D eigenvalue weighted by Gasteiger charge is -2.35. The number of nitrogens with one attached hydrogen (secondary N) is 1. The molecule has 1 saturated heterocycles. The van der Waals surface area contributed by atoms with Gasteiger partial charge in [-0.2, -0.15) is 0 Å². The number of methoxy groups -OCH3 is 1. The van der Waals surface area contributed by atoms with Crippen molar-refractivity contribution >= 4 is 39.8 Å². The van der Waals surface area contributed by atoms with Crippen molar-refractivity contribution in [3.8, 4) is 0 Å². The van der Waals surface area contributed by atoms with Gasteiger partial charge < -0.3 is 24.6 Å². The van der Waals surface area contributed by atoms with E-state index < -0.39 is 41.6 Å². The number of likely N-dealkylation sites (tertiary alicyclic amines) is 1. The van der Waals surface area contributed by atoms with Crippen LogP contribution in [-0.4, -0.2) is 78.1 Å². The summed E-state index contributed by atoms with van der Waals surface area (Å²) in [6.45, 7) is 9.59. The molecule has 4 atom stereocenters. The van der Waals surface area contributed by atoms with Crippen LogP contribution in [0.2, 0.25) is 0 Å². The fourth-order valence-corrected chi connectivity index (χ4v) is 6.08. The number of likely N-dealkylation sites (N-methyl/N-ethyl adjacent to an activating group) is 1. The highest BCUT2D eigenvalue weighted by Crippen LogP contribution is 2.33. The number of rotatable bonds is 2. The lowest BCUT2D eigenvalue weighted by Crippen LogP contribution is -2.56. The average molecular weight is 595 g/mol. The van der Waals surface area contributed by atoms with Crippen LogP contribution in [0.3, 0.4) is 0 Å². The number of benzene rings is 1. The minimum Gasteiger partial charge on any atom is -0.467 e. The second-order valence-corrected chi connectivity index (χ2v) is 12.5. The van der Waals surface area contributed by atoms with E-state index in [0.717, 1.165) is 15.6 Å². The molecule has 3 rings (SSSR count). The van der Waals surface area contributed by atoms with Crippen LogP contribution in [0.4, 0.5) is 4.79 Å². The molecule has 3 amide bonds. The Hall–Kier alpha value is -2.62. The third kappa shape index (κ3) is 7.07. The predicted molar refractivity (Wildman–Crippen MR) is 146 cm³/mol. The quantitative estimate of drug-likeness (QED) is 0.524. The number of nitrogens with zero attached hydrogens (tertiary/aromatic N) is 2. The minimum absolute atomic E-state index is 0.198. The normalized spacial score (nSPS) is 25.0. The van der Waals surface area contributed by atoms with E-state index in [1.807, 2.05) is 52.8 Å². The van der Waals surface area contributed by atoms with Crippen LogP contribution in [0.5, 0.6) is 0 Å². The van der Waals surface area contributed by atoms with E-state index in [9.17, 15) is 19.2 Å². The van der Waals surface area contributed by atoms with Gasteiger partial charge in [0.1, 0.15) is 17.7 Å². The second-order valence-electron chi connectivity index (χ2n) is 11.6. The summed E-state index contributed by atoms with van der Waals surface area (Å²) < 4.78 is 11.5. The summed E-state index contributed by atoms with van der Waals surface area (Å²) >= 11 is 3.56. The summed E-state index contributed by atoms with van der Waals surface area (Å²) in [5.41, 5.74) is 1.20. The second kappa shape index (κ2) is 12.1. The highest BCUT2D eigenvalue weighted by molar-refractivity contribution is 9.10. The van der Waals surface area contributed by atoms with Crippen LogP contribution in [-0.2, 0) is 36.7 Å². The topological polar surface area (TPSA) is 105 Å². The van der Waals surface area contributed by atoms with Crippen LogP contribution in [0.25, 0.3) is 0 Å². The summed E-state index contributed by atoms with van der Waals surface area (Å²) in [5, 5.41) is 2.84. The number of fused-ring (bicyclic) bond motifs is 3. The van der Waals surface area contributed by atoms with Gasteiger partial charge in [0.25, 0.3) is 0 Å². The monoisotopic (exact) mass is 593 g/mol. The lowest BCUT2D eigenvalue weighted by atomic mass is 9.90. The Balaban J connectivity index is 2.06. The summed E-state index contributed by atoms with van der Waals surface area (Å²) in [6, 6.07) is 3.83. The molecule has 1 aromatic carbocycles. The minimum atomic E-state index is -0.899. The maximum Gasteiger partial charge on any atom is 0.410 e. The zero-order chi connectivity index (χ0) is 28.4. The Bertz CT molecular complexity index is 1070. The Morgan fingerprint density at radius 3 is 2.37 bits per heavy atom. The molecule has 210 valence electrons. The summed E-state index contributed by atoms with van der Waals surface area (Å²) in [7, 11) is 2.91. The number of amides is 3. The molecule has 1 fully saturated rings. The van der Waals surface area contributed by atoms with E-state index in [2.05, 4.69) is 21.2 Å². The van der Waals surface area contributed by atoms with Gasteiger partial charge in [0, 0.05) is 30.5 Å². The van der Waals surface area contributed by atoms with Crippen LogP contribution < -0.4 is 5.32 Å². The number of hydrogen-bond donors (Lipinski definition) is 1. The average Bonchev–Trinajstić information content (AvgIpc) is 3.23. The van der Waals surface area contributed by atoms with Crippen molar-refractivity contribution in [2.24, 2.45) is 11.8 Å². The van der Waals surface area contributed by atoms with Gasteiger partial charge in [-0.25, -0.2) is 9.59 Å². The number of aryl methyl sites for hydroxylation is 1. The molecule has 0 radical (unpaired) electrons. The number of halogens is 1. The van der Waals surface area contributed by atoms with E-state index >= 15 is 0 Å². The SMILES string of the molecule is COC(=O)[C@@H]1Cc2cc(Br)cc(c2)CC[C@@H]2[C@H](CCN2C(=O)OC(C)(C)C)C(=O)N(C)[C@@H](C(C)C)C(=O)N1. The molecular formula is C28H40BrN3O6. The molecule has 1 aromatic rings. The van der Waals surface area contributed by atoms with E-state index in [1.165, 1.54) is 12.0 Å². The zero-order valence-electron chi connectivity index (χ0n) is 23.4. The van der Waals surface area contributed by atoms with Gasteiger partial charge in [0.2, 0.25) is 11.8 Å². The van der Waals surface area contributed by atoms with Crippen LogP contribution >= 0.6 is 15.9 Å². The van der Waals surface area contributed by atoms with Crippen LogP contribution in [0, 0.1) is 11.8 Å². The number of hydrogen-bond acceptors (Lipinski definition) is 6. The summed E-state index contributed by atoms with van der Waals surface area (Å²) in [4.78, 5) is 56.3. The Labute approximate surface area is 233 Å². The van der Waals surface area contributed by atoms with E-state index in [4.69, 9.17) is 9.47 Å². The Morgan fingerprint density at radius 1 is 1.11 bits per heavy atom. The van der Waals surface area contributed by atoms with Gasteiger partial charge >= 0.3 is 12.1 Å². The van der Waals surface area contributed by atoms with Gasteiger partial charge in [-0.3, -0.25) is 9.59 Å². The van der Waals surface area contributed by atoms with Crippen molar-refractivity contribution in [2.75, 3.05) is 20.7 Å². The fraction of sp³-hybridized carbons (Fsp3) is 0.643. The molecular weight excluding hydrogens is 554 g/mol. The van der Waals surface area contributed by atoms with Gasteiger partial charge in [-0.05, 0) is 69.2 Å². The number of carbonyl (C=O) groups excluding carboxylic acids is 4. The van der Waals surface area contributed by atoms with Crippen molar-refractivity contribution in [2.45, 2.75) is 84.0 Å². The molecule has 38 heavy (non-hydrogen) atoms. The van der Waals surface area contributed by atoms with Gasteiger partial charge in [-0.1, -0.05) is 35.8 Å². The highest BCUT2D eigenvalue weighted by atomic mass is 79.9. The molecule has 0 spiro atoms. The van der Waals surface area contributed by atoms with Crippen molar-refractivity contribution in [1.82, 2.24) is 15.1 Å². The first-order valence-electron chi connectivity index (χ1n) is 13.1. The van der Waals surface area contributed by atoms with Crippen molar-refractivity contribution in [1.29, 1.82) is 0 Å². The van der Waals surface area contributed by atoms with Gasteiger partial charge in [-0.15, -0.1) is 0 Å². The first kappa shape index (κ1) is 29.9. The predicted octanol–water partition coefficient (Wildman–Crippen LogP) is 3.70. The van der Waals surface area contributed by atoms with Crippen LogP contribution in [0.1, 0.15) is 58.6 Å². The third-order valence-corrected chi connectivity index (χ3v) is 7.60. The molecule has 2 heterocycles. The van der Waals surface area contributed by atoms with E-state index in [1.54, 1.807) is 11.9 Å². The van der Waals surface area contributed by atoms with Gasteiger partial charge in [0.05, 0.1) is 13.0 Å².